The van der Waals surface area contributed by atoms with Crippen LogP contribution in [0.25, 0.3) is 11.0 Å². The number of fused-ring (bicyclic) bond motifs is 1. The maximum atomic E-state index is 9.85. The fraction of sp³-hybridized carbons (Fsp3) is 0.458. The molecule has 2 aromatic heterocycles. The number of nitrogen functional groups attached to an aromatic ring is 1. The highest BCUT2D eigenvalue weighted by Crippen LogP contribution is 2.42. The molecular weight excluding hydrogens is 424 g/mol. The van der Waals surface area contributed by atoms with Crippen molar-refractivity contribution in [1.29, 1.82) is 5.26 Å². The van der Waals surface area contributed by atoms with Crippen LogP contribution in [0.5, 0.6) is 5.75 Å². The summed E-state index contributed by atoms with van der Waals surface area (Å²) in [5.41, 5.74) is 10.4. The van der Waals surface area contributed by atoms with E-state index in [2.05, 4.69) is 45.5 Å². The molecule has 32 heavy (non-hydrogen) atoms. The van der Waals surface area contributed by atoms with Crippen molar-refractivity contribution in [2.75, 3.05) is 25.4 Å². The van der Waals surface area contributed by atoms with Crippen molar-refractivity contribution in [3.8, 4) is 11.8 Å². The maximum absolute atomic E-state index is 9.85. The molecule has 3 aromatic rings. The van der Waals surface area contributed by atoms with Crippen molar-refractivity contribution < 1.29 is 4.74 Å². The average Bonchev–Trinajstić information content (AvgIpc) is 3.04. The van der Waals surface area contributed by atoms with Crippen LogP contribution in [0.3, 0.4) is 0 Å². The third kappa shape index (κ3) is 3.89. The van der Waals surface area contributed by atoms with E-state index >= 15 is 0 Å². The van der Waals surface area contributed by atoms with Crippen LogP contribution in [-0.4, -0.2) is 45.2 Å². The molecule has 168 valence electrons. The summed E-state index contributed by atoms with van der Waals surface area (Å²) in [4.78, 5) is 10.9. The monoisotopic (exact) mass is 452 g/mol. The predicted octanol–water partition coefficient (Wildman–Crippen LogP) is 4.30. The quantitative estimate of drug-likeness (QED) is 0.574. The highest BCUT2D eigenvalue weighted by Gasteiger charge is 2.35. The van der Waals surface area contributed by atoms with Crippen LogP contribution in [0.1, 0.15) is 48.9 Å². The van der Waals surface area contributed by atoms with Crippen molar-refractivity contribution in [3.05, 3.63) is 45.9 Å². The SMILES string of the molecule is CCOc1c(CCn2cc(C)c3c(N)ncnc32)cc(Cl)c(C#N)c1C1CN(C(C)C)C1. The van der Waals surface area contributed by atoms with E-state index in [-0.39, 0.29) is 5.92 Å². The Morgan fingerprint density at radius 1 is 1.34 bits per heavy atom. The Hall–Kier alpha value is -2.82. The van der Waals surface area contributed by atoms with Gasteiger partial charge in [-0.15, -0.1) is 0 Å². The molecule has 3 heterocycles. The van der Waals surface area contributed by atoms with E-state index in [0.717, 1.165) is 46.6 Å². The lowest BCUT2D eigenvalue weighted by Gasteiger charge is -2.43. The molecule has 4 rings (SSSR count). The zero-order chi connectivity index (χ0) is 23.0. The predicted molar refractivity (Wildman–Crippen MR) is 127 cm³/mol. The summed E-state index contributed by atoms with van der Waals surface area (Å²) in [5.74, 6) is 1.54. The summed E-state index contributed by atoms with van der Waals surface area (Å²) in [6.07, 6.45) is 4.24. The summed E-state index contributed by atoms with van der Waals surface area (Å²) in [7, 11) is 0. The third-order valence-electron chi connectivity index (χ3n) is 6.29. The number of nitrogens with zero attached hydrogens (tertiary/aromatic N) is 5. The van der Waals surface area contributed by atoms with Crippen LogP contribution in [0.4, 0.5) is 5.82 Å². The van der Waals surface area contributed by atoms with Crippen LogP contribution >= 0.6 is 11.6 Å². The molecule has 0 spiro atoms. The molecule has 0 aliphatic carbocycles. The smallest absolute Gasteiger partial charge is 0.145 e. The summed E-state index contributed by atoms with van der Waals surface area (Å²) < 4.78 is 8.23. The Kier molecular flexibility index (Phi) is 6.27. The highest BCUT2D eigenvalue weighted by atomic mass is 35.5. The van der Waals surface area contributed by atoms with Crippen molar-refractivity contribution in [2.24, 2.45) is 0 Å². The van der Waals surface area contributed by atoms with Gasteiger partial charge in [0, 0.05) is 43.4 Å². The van der Waals surface area contributed by atoms with Crippen LogP contribution in [-0.2, 0) is 13.0 Å². The Bertz CT molecular complexity index is 1190. The minimum Gasteiger partial charge on any atom is -0.493 e. The first-order chi connectivity index (χ1) is 15.3. The molecule has 0 amide bonds. The third-order valence-corrected chi connectivity index (χ3v) is 6.59. The van der Waals surface area contributed by atoms with Crippen LogP contribution in [0.2, 0.25) is 5.02 Å². The first-order valence-corrected chi connectivity index (χ1v) is 11.4. The Morgan fingerprint density at radius 3 is 2.75 bits per heavy atom. The fourth-order valence-electron chi connectivity index (χ4n) is 4.58. The molecular formula is C24H29ClN6O. The number of rotatable bonds is 7. The molecule has 0 radical (unpaired) electrons. The normalized spacial score (nSPS) is 14.7. The van der Waals surface area contributed by atoms with Crippen molar-refractivity contribution in [1.82, 2.24) is 19.4 Å². The van der Waals surface area contributed by atoms with Gasteiger partial charge in [0.25, 0.3) is 0 Å². The second-order valence-corrected chi connectivity index (χ2v) is 9.04. The van der Waals surface area contributed by atoms with Gasteiger partial charge in [0.2, 0.25) is 0 Å². The molecule has 0 unspecified atom stereocenters. The van der Waals surface area contributed by atoms with Gasteiger partial charge in [-0.25, -0.2) is 9.97 Å². The Morgan fingerprint density at radius 2 is 2.09 bits per heavy atom. The molecule has 8 heteroatoms. The molecule has 0 atom stereocenters. The summed E-state index contributed by atoms with van der Waals surface area (Å²) in [5, 5.41) is 11.2. The summed E-state index contributed by atoms with van der Waals surface area (Å²) in [6.45, 7) is 11.4. The molecule has 1 aliphatic rings. The first kappa shape index (κ1) is 22.4. The lowest BCUT2D eigenvalue weighted by atomic mass is 9.85. The molecule has 0 saturated carbocycles. The van der Waals surface area contributed by atoms with E-state index in [4.69, 9.17) is 22.1 Å². The maximum Gasteiger partial charge on any atom is 0.145 e. The number of benzene rings is 1. The van der Waals surface area contributed by atoms with Gasteiger partial charge < -0.3 is 15.0 Å². The number of likely N-dealkylation sites (tertiary alicyclic amines) is 1. The number of ether oxygens (including phenoxy) is 1. The van der Waals surface area contributed by atoms with Crippen LogP contribution < -0.4 is 10.5 Å². The van der Waals surface area contributed by atoms with Crippen LogP contribution in [0.15, 0.2) is 18.6 Å². The van der Waals surface area contributed by atoms with Gasteiger partial charge in [-0.3, -0.25) is 4.90 Å². The number of nitrogens with two attached hydrogens (primary N) is 1. The molecule has 1 aliphatic heterocycles. The number of aromatic nitrogens is 3. The molecule has 2 N–H and O–H groups in total. The molecule has 1 fully saturated rings. The number of nitriles is 1. The zero-order valence-corrected chi connectivity index (χ0v) is 19.8. The van der Waals surface area contributed by atoms with E-state index in [1.54, 1.807) is 0 Å². The Labute approximate surface area is 193 Å². The van der Waals surface area contributed by atoms with E-state index in [1.165, 1.54) is 6.33 Å². The highest BCUT2D eigenvalue weighted by molar-refractivity contribution is 6.32. The van der Waals surface area contributed by atoms with Crippen molar-refractivity contribution in [2.45, 2.75) is 52.6 Å². The van der Waals surface area contributed by atoms with Gasteiger partial charge in [-0.2, -0.15) is 5.26 Å². The first-order valence-electron chi connectivity index (χ1n) is 11.0. The van der Waals surface area contributed by atoms with Crippen LogP contribution in [0, 0.1) is 18.3 Å². The van der Waals surface area contributed by atoms with Gasteiger partial charge in [0.05, 0.1) is 22.6 Å². The molecule has 1 aromatic carbocycles. The van der Waals surface area contributed by atoms with Gasteiger partial charge >= 0.3 is 0 Å². The van der Waals surface area contributed by atoms with Gasteiger partial charge in [-0.05, 0) is 51.3 Å². The zero-order valence-electron chi connectivity index (χ0n) is 19.0. The number of hydrogen-bond donors (Lipinski definition) is 1. The van der Waals surface area contributed by atoms with Crippen molar-refractivity contribution >= 4 is 28.5 Å². The van der Waals surface area contributed by atoms with E-state index in [9.17, 15) is 5.26 Å². The summed E-state index contributed by atoms with van der Waals surface area (Å²) in [6, 6.07) is 4.69. The second kappa shape index (κ2) is 8.97. The number of halogens is 1. The minimum atomic E-state index is 0.244. The lowest BCUT2D eigenvalue weighted by molar-refractivity contribution is 0.108. The number of hydrogen-bond acceptors (Lipinski definition) is 6. The molecule has 7 nitrogen and oxygen atoms in total. The van der Waals surface area contributed by atoms with Crippen molar-refractivity contribution in [3.63, 3.8) is 0 Å². The molecule has 0 bridgehead atoms. The van der Waals surface area contributed by atoms with Gasteiger partial charge in [0.1, 0.15) is 29.6 Å². The number of anilines is 1. The second-order valence-electron chi connectivity index (χ2n) is 8.64. The van der Waals surface area contributed by atoms with E-state index < -0.39 is 0 Å². The lowest BCUT2D eigenvalue weighted by Crippen LogP contribution is -2.49. The molecule has 1 saturated heterocycles. The largest absolute Gasteiger partial charge is 0.493 e. The fourth-order valence-corrected chi connectivity index (χ4v) is 4.86. The average molecular weight is 453 g/mol. The summed E-state index contributed by atoms with van der Waals surface area (Å²) >= 11 is 6.60. The minimum absolute atomic E-state index is 0.244. The van der Waals surface area contributed by atoms with E-state index in [0.29, 0.717) is 42.0 Å². The van der Waals surface area contributed by atoms with E-state index in [1.807, 2.05) is 19.9 Å². The standard InChI is InChI=1S/C24H29ClN6O/c1-5-32-22-16(6-7-30-10-15(4)20-23(27)28-13-29-24(20)30)8-19(25)18(9-26)21(22)17-11-31(12-17)14(2)3/h8,10,13-14,17H,5-7,11-12H2,1-4H3,(H2,27,28,29). The Balaban J connectivity index is 1.70. The number of aryl methyl sites for hydroxylation is 3. The van der Waals surface area contributed by atoms with Gasteiger partial charge in [0.15, 0.2) is 0 Å². The van der Waals surface area contributed by atoms with Gasteiger partial charge in [-0.1, -0.05) is 11.6 Å². The topological polar surface area (TPSA) is 93.0 Å².